The molecule has 1 heterocycles. The Bertz CT molecular complexity index is 885. The molecule has 1 aliphatic rings. The van der Waals surface area contributed by atoms with Gasteiger partial charge >= 0.3 is 5.97 Å². The Morgan fingerprint density at radius 2 is 1.96 bits per heavy atom. The van der Waals surface area contributed by atoms with E-state index in [9.17, 15) is 18.8 Å². The van der Waals surface area contributed by atoms with Crippen LogP contribution in [0.25, 0.3) is 0 Å². The van der Waals surface area contributed by atoms with Gasteiger partial charge in [-0.1, -0.05) is 30.3 Å². The number of methoxy groups -OCH3 is 1. The monoisotopic (exact) mass is 384 g/mol. The van der Waals surface area contributed by atoms with E-state index in [-0.39, 0.29) is 30.1 Å². The van der Waals surface area contributed by atoms with Crippen molar-refractivity contribution < 1.29 is 23.5 Å². The Labute approximate surface area is 162 Å². The molecule has 2 aromatic carbocycles. The molecule has 1 fully saturated rings. The summed E-state index contributed by atoms with van der Waals surface area (Å²) >= 11 is 0. The number of likely N-dealkylation sites (tertiary alicyclic amines) is 1. The van der Waals surface area contributed by atoms with Crippen molar-refractivity contribution in [3.05, 3.63) is 65.5 Å². The molecule has 1 N–H and O–H groups in total. The summed E-state index contributed by atoms with van der Waals surface area (Å²) in [7, 11) is 1.22. The molecular formula is C21H21FN2O4. The molecule has 0 aliphatic carbocycles. The zero-order valence-electron chi connectivity index (χ0n) is 15.5. The summed E-state index contributed by atoms with van der Waals surface area (Å²) in [5.74, 6) is -2.40. The minimum absolute atomic E-state index is 0.0823. The average molecular weight is 384 g/mol. The van der Waals surface area contributed by atoms with Gasteiger partial charge in [0.25, 0.3) is 0 Å². The number of carbonyl (C=O) groups is 3. The first kappa shape index (κ1) is 19.5. The summed E-state index contributed by atoms with van der Waals surface area (Å²) in [4.78, 5) is 38.0. The summed E-state index contributed by atoms with van der Waals surface area (Å²) in [6.45, 7) is 0.814. The molecule has 2 aromatic rings. The van der Waals surface area contributed by atoms with E-state index in [1.165, 1.54) is 19.2 Å². The molecule has 3 rings (SSSR count). The Kier molecular flexibility index (Phi) is 6.03. The third kappa shape index (κ3) is 4.54. The summed E-state index contributed by atoms with van der Waals surface area (Å²) < 4.78 is 18.6. The number of amides is 2. The van der Waals surface area contributed by atoms with Gasteiger partial charge in [-0.05, 0) is 30.2 Å². The highest BCUT2D eigenvalue weighted by Crippen LogP contribution is 2.22. The van der Waals surface area contributed by atoms with Gasteiger partial charge in [0.15, 0.2) is 0 Å². The number of halogens is 1. The Balaban J connectivity index is 1.61. The van der Waals surface area contributed by atoms with Crippen LogP contribution in [0.2, 0.25) is 0 Å². The van der Waals surface area contributed by atoms with Gasteiger partial charge in [-0.3, -0.25) is 9.59 Å². The average Bonchev–Trinajstić information content (AvgIpc) is 3.09. The Morgan fingerprint density at radius 1 is 1.21 bits per heavy atom. The second kappa shape index (κ2) is 8.65. The Hall–Kier alpha value is -3.22. The molecule has 0 radical (unpaired) electrons. The van der Waals surface area contributed by atoms with Gasteiger partial charge in [0.05, 0.1) is 24.3 Å². The number of esters is 1. The van der Waals surface area contributed by atoms with Crippen molar-refractivity contribution >= 4 is 23.5 Å². The van der Waals surface area contributed by atoms with Crippen molar-refractivity contribution in [3.63, 3.8) is 0 Å². The van der Waals surface area contributed by atoms with Crippen LogP contribution in [0.5, 0.6) is 0 Å². The van der Waals surface area contributed by atoms with Gasteiger partial charge in [0.1, 0.15) is 5.82 Å². The van der Waals surface area contributed by atoms with E-state index in [2.05, 4.69) is 10.1 Å². The maximum absolute atomic E-state index is 14.0. The SMILES string of the molecule is COC(=O)c1ccc(F)c(NC(=O)[C@@H]2CC(=O)N(CCc3ccccc3)C2)c1. The van der Waals surface area contributed by atoms with E-state index in [1.807, 2.05) is 30.3 Å². The largest absolute Gasteiger partial charge is 0.465 e. The Morgan fingerprint density at radius 3 is 2.68 bits per heavy atom. The zero-order chi connectivity index (χ0) is 20.1. The van der Waals surface area contributed by atoms with Crippen LogP contribution in [0.1, 0.15) is 22.3 Å². The minimum atomic E-state index is -0.661. The van der Waals surface area contributed by atoms with Crippen molar-refractivity contribution in [1.82, 2.24) is 4.90 Å². The van der Waals surface area contributed by atoms with Crippen LogP contribution in [-0.4, -0.2) is 42.9 Å². The number of hydrogen-bond acceptors (Lipinski definition) is 4. The molecule has 6 nitrogen and oxygen atoms in total. The maximum atomic E-state index is 14.0. The summed E-state index contributed by atoms with van der Waals surface area (Å²) in [5.41, 5.74) is 1.14. The molecule has 2 amide bonds. The molecule has 0 spiro atoms. The molecule has 0 aromatic heterocycles. The van der Waals surface area contributed by atoms with Crippen molar-refractivity contribution in [1.29, 1.82) is 0 Å². The second-order valence-electron chi connectivity index (χ2n) is 6.65. The highest BCUT2D eigenvalue weighted by atomic mass is 19.1. The van der Waals surface area contributed by atoms with Crippen LogP contribution in [0.4, 0.5) is 10.1 Å². The summed E-state index contributed by atoms with van der Waals surface area (Å²) in [6, 6.07) is 13.4. The van der Waals surface area contributed by atoms with Crippen LogP contribution in [0, 0.1) is 11.7 Å². The maximum Gasteiger partial charge on any atom is 0.337 e. The van der Waals surface area contributed by atoms with Crippen molar-refractivity contribution in [3.8, 4) is 0 Å². The first-order chi connectivity index (χ1) is 13.5. The van der Waals surface area contributed by atoms with Gasteiger partial charge in [0, 0.05) is 19.5 Å². The number of ether oxygens (including phenoxy) is 1. The van der Waals surface area contributed by atoms with E-state index < -0.39 is 23.6 Å². The van der Waals surface area contributed by atoms with Crippen molar-refractivity contribution in [2.75, 3.05) is 25.5 Å². The number of nitrogens with zero attached hydrogens (tertiary/aromatic N) is 1. The lowest BCUT2D eigenvalue weighted by Crippen LogP contribution is -2.30. The lowest BCUT2D eigenvalue weighted by Gasteiger charge is -2.17. The van der Waals surface area contributed by atoms with Gasteiger partial charge in [0.2, 0.25) is 11.8 Å². The normalized spacial score (nSPS) is 16.1. The van der Waals surface area contributed by atoms with Crippen LogP contribution >= 0.6 is 0 Å². The predicted octanol–water partition coefficient (Wildman–Crippen LogP) is 2.64. The first-order valence-electron chi connectivity index (χ1n) is 8.98. The van der Waals surface area contributed by atoms with E-state index in [0.717, 1.165) is 11.6 Å². The fourth-order valence-electron chi connectivity index (χ4n) is 3.17. The quantitative estimate of drug-likeness (QED) is 0.777. The van der Waals surface area contributed by atoms with Crippen molar-refractivity contribution in [2.24, 2.45) is 5.92 Å². The zero-order valence-corrected chi connectivity index (χ0v) is 15.5. The lowest BCUT2D eigenvalue weighted by molar-refractivity contribution is -0.128. The molecule has 0 unspecified atom stereocenters. The predicted molar refractivity (Wildman–Crippen MR) is 101 cm³/mol. The first-order valence-corrected chi connectivity index (χ1v) is 8.98. The minimum Gasteiger partial charge on any atom is -0.465 e. The molecule has 1 saturated heterocycles. The molecule has 146 valence electrons. The molecule has 0 bridgehead atoms. The topological polar surface area (TPSA) is 75.7 Å². The second-order valence-corrected chi connectivity index (χ2v) is 6.65. The fraction of sp³-hybridized carbons (Fsp3) is 0.286. The third-order valence-electron chi connectivity index (χ3n) is 4.74. The van der Waals surface area contributed by atoms with Gasteiger partial charge in [-0.2, -0.15) is 0 Å². The van der Waals surface area contributed by atoms with Gasteiger partial charge in [-0.25, -0.2) is 9.18 Å². The summed E-state index contributed by atoms with van der Waals surface area (Å²) in [6.07, 6.45) is 0.787. The molecule has 1 aliphatic heterocycles. The standard InChI is InChI=1S/C21H21FN2O4/c1-28-21(27)15-7-8-17(22)18(11-15)23-20(26)16-12-19(25)24(13-16)10-9-14-5-3-2-4-6-14/h2-8,11,16H,9-10,12-13H2,1H3,(H,23,26)/t16-/m1/s1. The molecule has 7 heteroatoms. The molecule has 0 saturated carbocycles. The van der Waals surface area contributed by atoms with E-state index in [4.69, 9.17) is 0 Å². The van der Waals surface area contributed by atoms with Crippen LogP contribution < -0.4 is 5.32 Å². The smallest absolute Gasteiger partial charge is 0.337 e. The van der Waals surface area contributed by atoms with E-state index in [0.29, 0.717) is 13.0 Å². The number of anilines is 1. The van der Waals surface area contributed by atoms with Gasteiger partial charge in [-0.15, -0.1) is 0 Å². The van der Waals surface area contributed by atoms with E-state index >= 15 is 0 Å². The highest BCUT2D eigenvalue weighted by Gasteiger charge is 2.34. The highest BCUT2D eigenvalue weighted by molar-refractivity contribution is 5.98. The van der Waals surface area contributed by atoms with Gasteiger partial charge < -0.3 is 15.0 Å². The fourth-order valence-corrected chi connectivity index (χ4v) is 3.17. The number of carbonyl (C=O) groups excluding carboxylic acids is 3. The lowest BCUT2D eigenvalue weighted by atomic mass is 10.1. The van der Waals surface area contributed by atoms with Crippen LogP contribution in [0.3, 0.4) is 0 Å². The molecule has 28 heavy (non-hydrogen) atoms. The van der Waals surface area contributed by atoms with Crippen LogP contribution in [-0.2, 0) is 20.7 Å². The third-order valence-corrected chi connectivity index (χ3v) is 4.74. The summed E-state index contributed by atoms with van der Waals surface area (Å²) in [5, 5.41) is 2.49. The number of hydrogen-bond donors (Lipinski definition) is 1. The number of benzene rings is 2. The van der Waals surface area contributed by atoms with Crippen molar-refractivity contribution in [2.45, 2.75) is 12.8 Å². The van der Waals surface area contributed by atoms with E-state index in [1.54, 1.807) is 4.90 Å². The molecule has 1 atom stereocenters. The molecular weight excluding hydrogens is 363 g/mol. The number of nitrogens with one attached hydrogen (secondary N) is 1. The van der Waals surface area contributed by atoms with Crippen LogP contribution in [0.15, 0.2) is 48.5 Å². The number of rotatable bonds is 6.